The summed E-state index contributed by atoms with van der Waals surface area (Å²) in [5.74, 6) is 0.170. The third kappa shape index (κ3) is 6.66. The Labute approximate surface area is 237 Å². The Morgan fingerprint density at radius 1 is 0.775 bits per heavy atom. The quantitative estimate of drug-likeness (QED) is 0.212. The molecule has 1 aliphatic rings. The van der Waals surface area contributed by atoms with Crippen molar-refractivity contribution in [1.29, 1.82) is 0 Å². The lowest BCUT2D eigenvalue weighted by Gasteiger charge is -2.30. The predicted molar refractivity (Wildman–Crippen MR) is 163 cm³/mol. The van der Waals surface area contributed by atoms with Gasteiger partial charge in [0.25, 0.3) is 0 Å². The van der Waals surface area contributed by atoms with Gasteiger partial charge in [0.2, 0.25) is 5.91 Å². The molecule has 0 bridgehead atoms. The summed E-state index contributed by atoms with van der Waals surface area (Å²) in [5, 5.41) is 0. The van der Waals surface area contributed by atoms with Crippen molar-refractivity contribution in [2.45, 2.75) is 45.1 Å². The van der Waals surface area contributed by atoms with Crippen LogP contribution in [0.4, 0.5) is 11.4 Å². The van der Waals surface area contributed by atoms with Gasteiger partial charge in [0.15, 0.2) is 5.78 Å². The molecular formula is C35H37N3O2. The van der Waals surface area contributed by atoms with E-state index in [0.29, 0.717) is 12.1 Å². The Hall–Kier alpha value is -4.25. The second-order valence-corrected chi connectivity index (χ2v) is 10.9. The summed E-state index contributed by atoms with van der Waals surface area (Å²) in [4.78, 5) is 35.3. The molecule has 0 aliphatic heterocycles. The van der Waals surface area contributed by atoms with Crippen LogP contribution in [0.1, 0.15) is 53.7 Å². The number of hydrogen-bond acceptors (Lipinski definition) is 4. The summed E-state index contributed by atoms with van der Waals surface area (Å²) in [6.07, 6.45) is 7.16. The maximum Gasteiger partial charge on any atom is 0.230 e. The number of benzene rings is 3. The van der Waals surface area contributed by atoms with Gasteiger partial charge in [-0.2, -0.15) is 0 Å². The zero-order valence-corrected chi connectivity index (χ0v) is 23.4. The van der Waals surface area contributed by atoms with Crippen LogP contribution in [0.15, 0.2) is 97.2 Å². The number of carbonyl (C=O) groups is 2. The van der Waals surface area contributed by atoms with Crippen LogP contribution in [0.2, 0.25) is 0 Å². The van der Waals surface area contributed by atoms with Gasteiger partial charge in [-0.1, -0.05) is 73.9 Å². The zero-order chi connectivity index (χ0) is 27.9. The van der Waals surface area contributed by atoms with E-state index in [4.69, 9.17) is 0 Å². The fourth-order valence-electron chi connectivity index (χ4n) is 5.42. The van der Waals surface area contributed by atoms with Crippen molar-refractivity contribution in [2.24, 2.45) is 5.92 Å². The molecule has 1 aliphatic carbocycles. The Kier molecular flexibility index (Phi) is 8.70. The van der Waals surface area contributed by atoms with Crippen molar-refractivity contribution in [2.75, 3.05) is 23.9 Å². The second kappa shape index (κ2) is 12.7. The molecule has 0 spiro atoms. The minimum absolute atomic E-state index is 0.00439. The third-order valence-corrected chi connectivity index (χ3v) is 7.78. The van der Waals surface area contributed by atoms with Crippen molar-refractivity contribution in [3.05, 3.63) is 114 Å². The number of carbonyl (C=O) groups excluding carboxylic acids is 2. The first-order valence-corrected chi connectivity index (χ1v) is 14.2. The maximum absolute atomic E-state index is 13.9. The normalized spacial score (nSPS) is 13.6. The molecule has 3 aromatic carbocycles. The number of anilines is 2. The van der Waals surface area contributed by atoms with Gasteiger partial charge < -0.3 is 9.80 Å². The first-order chi connectivity index (χ1) is 19.5. The van der Waals surface area contributed by atoms with E-state index in [-0.39, 0.29) is 24.0 Å². The topological polar surface area (TPSA) is 53.5 Å². The van der Waals surface area contributed by atoms with Gasteiger partial charge in [0.1, 0.15) is 0 Å². The average molecular weight is 532 g/mol. The predicted octanol–water partition coefficient (Wildman–Crippen LogP) is 7.35. The Balaban J connectivity index is 1.39. The molecule has 5 heteroatoms. The maximum atomic E-state index is 13.9. The Bertz CT molecular complexity index is 1420. The summed E-state index contributed by atoms with van der Waals surface area (Å²) in [6, 6.07) is 30.1. The standard InChI is InChI=1S/C35H37N3O2/c1-37(2)32-20-18-28(19-21-32)27-16-14-26(15-17-27)25-38(35(40)29-9-4-3-5-10-29)33-13-8-11-30(23-33)34(39)24-31-12-6-7-22-36-31/h6-8,11-23,29H,3-5,9-10,24-25H2,1-2H3. The molecule has 1 amide bonds. The van der Waals surface area contributed by atoms with Crippen molar-refractivity contribution < 1.29 is 9.59 Å². The molecular weight excluding hydrogens is 494 g/mol. The molecule has 0 radical (unpaired) electrons. The van der Waals surface area contributed by atoms with E-state index in [1.165, 1.54) is 6.42 Å². The lowest BCUT2D eigenvalue weighted by Crippen LogP contribution is -2.36. The number of nitrogens with zero attached hydrogens (tertiary/aromatic N) is 3. The first-order valence-electron chi connectivity index (χ1n) is 14.2. The molecule has 5 nitrogen and oxygen atoms in total. The van der Waals surface area contributed by atoms with Crippen molar-refractivity contribution >= 4 is 23.1 Å². The largest absolute Gasteiger partial charge is 0.378 e. The van der Waals surface area contributed by atoms with Crippen LogP contribution < -0.4 is 9.80 Å². The number of pyridine rings is 1. The number of aromatic nitrogens is 1. The summed E-state index contributed by atoms with van der Waals surface area (Å²) >= 11 is 0. The SMILES string of the molecule is CN(C)c1ccc(-c2ccc(CN(C(=O)C3CCCCC3)c3cccc(C(=O)Cc4ccccn4)c3)cc2)cc1. The number of rotatable bonds is 9. The molecule has 0 unspecified atom stereocenters. The average Bonchev–Trinajstić information content (AvgIpc) is 3.01. The molecule has 0 N–H and O–H groups in total. The summed E-state index contributed by atoms with van der Waals surface area (Å²) in [5.41, 5.74) is 6.63. The van der Waals surface area contributed by atoms with E-state index in [1.807, 2.05) is 61.5 Å². The number of Topliss-reactive ketones (excluding diaryl/α,β-unsaturated/α-hetero) is 1. The Morgan fingerprint density at radius 3 is 2.12 bits per heavy atom. The van der Waals surface area contributed by atoms with Gasteiger partial charge in [-0.15, -0.1) is 0 Å². The lowest BCUT2D eigenvalue weighted by atomic mass is 9.88. The van der Waals surface area contributed by atoms with Gasteiger partial charge in [0.05, 0.1) is 13.0 Å². The van der Waals surface area contributed by atoms with Crippen LogP contribution in [-0.2, 0) is 17.8 Å². The highest BCUT2D eigenvalue weighted by molar-refractivity contribution is 6.00. The minimum atomic E-state index is -0.00439. The molecule has 1 saturated carbocycles. The van der Waals surface area contributed by atoms with E-state index >= 15 is 0 Å². The third-order valence-electron chi connectivity index (χ3n) is 7.78. The van der Waals surface area contributed by atoms with Gasteiger partial charge in [0, 0.05) is 48.8 Å². The minimum Gasteiger partial charge on any atom is -0.378 e. The van der Waals surface area contributed by atoms with Crippen molar-refractivity contribution in [3.63, 3.8) is 0 Å². The van der Waals surface area contributed by atoms with E-state index in [2.05, 4.69) is 58.4 Å². The summed E-state index contributed by atoms with van der Waals surface area (Å²) < 4.78 is 0. The molecule has 0 saturated heterocycles. The zero-order valence-electron chi connectivity index (χ0n) is 23.4. The molecule has 1 aromatic heterocycles. The highest BCUT2D eigenvalue weighted by Gasteiger charge is 2.27. The fourth-order valence-corrected chi connectivity index (χ4v) is 5.42. The van der Waals surface area contributed by atoms with Crippen LogP contribution in [0.5, 0.6) is 0 Å². The number of ketones is 1. The van der Waals surface area contributed by atoms with E-state index in [9.17, 15) is 9.59 Å². The van der Waals surface area contributed by atoms with Gasteiger partial charge in [-0.25, -0.2) is 0 Å². The molecule has 0 atom stereocenters. The summed E-state index contributed by atoms with van der Waals surface area (Å²) in [7, 11) is 4.08. The van der Waals surface area contributed by atoms with Crippen LogP contribution in [-0.4, -0.2) is 30.8 Å². The molecule has 1 heterocycles. The van der Waals surface area contributed by atoms with E-state index in [0.717, 1.165) is 59.4 Å². The highest BCUT2D eigenvalue weighted by atomic mass is 16.2. The number of amides is 1. The van der Waals surface area contributed by atoms with Gasteiger partial charge >= 0.3 is 0 Å². The lowest BCUT2D eigenvalue weighted by molar-refractivity contribution is -0.123. The van der Waals surface area contributed by atoms with Crippen LogP contribution >= 0.6 is 0 Å². The molecule has 204 valence electrons. The van der Waals surface area contributed by atoms with Crippen molar-refractivity contribution in [3.8, 4) is 11.1 Å². The van der Waals surface area contributed by atoms with Crippen molar-refractivity contribution in [1.82, 2.24) is 4.98 Å². The molecule has 4 aromatic rings. The van der Waals surface area contributed by atoms with Crippen LogP contribution in [0, 0.1) is 5.92 Å². The van der Waals surface area contributed by atoms with E-state index < -0.39 is 0 Å². The molecule has 1 fully saturated rings. The molecule has 5 rings (SSSR count). The highest BCUT2D eigenvalue weighted by Crippen LogP contribution is 2.30. The Morgan fingerprint density at radius 2 is 1.48 bits per heavy atom. The van der Waals surface area contributed by atoms with Gasteiger partial charge in [-0.05, 0) is 65.9 Å². The van der Waals surface area contributed by atoms with Gasteiger partial charge in [-0.3, -0.25) is 14.6 Å². The monoisotopic (exact) mass is 531 g/mol. The number of hydrogen-bond donors (Lipinski definition) is 0. The van der Waals surface area contributed by atoms with Crippen LogP contribution in [0.25, 0.3) is 11.1 Å². The smallest absolute Gasteiger partial charge is 0.230 e. The summed E-state index contributed by atoms with van der Waals surface area (Å²) in [6.45, 7) is 0.465. The van der Waals surface area contributed by atoms with Crippen LogP contribution in [0.3, 0.4) is 0 Å². The fraction of sp³-hybridized carbons (Fsp3) is 0.286. The second-order valence-electron chi connectivity index (χ2n) is 10.9. The van der Waals surface area contributed by atoms with E-state index in [1.54, 1.807) is 6.20 Å². The first kappa shape index (κ1) is 27.3. The molecule has 40 heavy (non-hydrogen) atoms.